The largest absolute Gasteiger partial charge is 0.241 e. The Morgan fingerprint density at radius 1 is 1.12 bits per heavy atom. The molecule has 1 atom stereocenters. The molecule has 0 aliphatic heterocycles. The minimum Gasteiger partial charge on any atom is -0.208 e. The standard InChI is InChI=1S/C13H21NO2S/c1-9(2)12(5)14-17(15,16)13-7-6-10(3)8-11(13)4/h6-9,12,14H,1-5H3/t12-/m0/s1. The van der Waals surface area contributed by atoms with E-state index in [0.29, 0.717) is 4.90 Å². The zero-order chi connectivity index (χ0) is 13.2. The average Bonchev–Trinajstić information content (AvgIpc) is 2.15. The molecule has 0 aliphatic rings. The molecule has 0 amide bonds. The number of nitrogens with one attached hydrogen (secondary N) is 1. The third-order valence-corrected chi connectivity index (χ3v) is 4.68. The van der Waals surface area contributed by atoms with E-state index in [2.05, 4.69) is 4.72 Å². The molecule has 1 N–H and O–H groups in total. The molecule has 0 saturated heterocycles. The van der Waals surface area contributed by atoms with Crippen molar-refractivity contribution in [2.24, 2.45) is 5.92 Å². The van der Waals surface area contributed by atoms with Gasteiger partial charge in [-0.15, -0.1) is 0 Å². The summed E-state index contributed by atoms with van der Waals surface area (Å²) in [4.78, 5) is 0.371. The quantitative estimate of drug-likeness (QED) is 0.899. The molecular formula is C13H21NO2S. The zero-order valence-electron chi connectivity index (χ0n) is 11.1. The zero-order valence-corrected chi connectivity index (χ0v) is 11.9. The number of hydrogen-bond donors (Lipinski definition) is 1. The Balaban J connectivity index is 3.06. The van der Waals surface area contributed by atoms with E-state index in [4.69, 9.17) is 0 Å². The van der Waals surface area contributed by atoms with Gasteiger partial charge >= 0.3 is 0 Å². The van der Waals surface area contributed by atoms with Crippen molar-refractivity contribution in [2.75, 3.05) is 0 Å². The highest BCUT2D eigenvalue weighted by Crippen LogP contribution is 2.17. The van der Waals surface area contributed by atoms with Crippen LogP contribution in [-0.4, -0.2) is 14.5 Å². The van der Waals surface area contributed by atoms with Gasteiger partial charge in [0, 0.05) is 6.04 Å². The Kier molecular flexibility index (Phi) is 4.33. The Hall–Kier alpha value is -0.870. The number of rotatable bonds is 4. The molecule has 4 heteroatoms. The third-order valence-electron chi connectivity index (χ3n) is 2.96. The highest BCUT2D eigenvalue weighted by atomic mass is 32.2. The number of hydrogen-bond acceptors (Lipinski definition) is 2. The van der Waals surface area contributed by atoms with Crippen LogP contribution in [0.5, 0.6) is 0 Å². The Labute approximate surface area is 104 Å². The van der Waals surface area contributed by atoms with E-state index in [9.17, 15) is 8.42 Å². The van der Waals surface area contributed by atoms with E-state index in [1.165, 1.54) is 0 Å². The molecule has 0 radical (unpaired) electrons. The van der Waals surface area contributed by atoms with Crippen molar-refractivity contribution in [1.29, 1.82) is 0 Å². The van der Waals surface area contributed by atoms with Gasteiger partial charge in [0.2, 0.25) is 10.0 Å². The van der Waals surface area contributed by atoms with Gasteiger partial charge in [0.05, 0.1) is 4.90 Å². The van der Waals surface area contributed by atoms with Crippen LogP contribution in [0.15, 0.2) is 23.1 Å². The van der Waals surface area contributed by atoms with Gasteiger partial charge in [0.15, 0.2) is 0 Å². The van der Waals surface area contributed by atoms with Gasteiger partial charge in [-0.3, -0.25) is 0 Å². The highest BCUT2D eigenvalue weighted by molar-refractivity contribution is 7.89. The van der Waals surface area contributed by atoms with Crippen LogP contribution >= 0.6 is 0 Å². The first kappa shape index (κ1) is 14.2. The molecule has 0 saturated carbocycles. The predicted octanol–water partition coefficient (Wildman–Crippen LogP) is 2.63. The van der Waals surface area contributed by atoms with Crippen molar-refractivity contribution >= 4 is 10.0 Å². The maximum absolute atomic E-state index is 12.2. The molecule has 1 rings (SSSR count). The van der Waals surface area contributed by atoms with Crippen LogP contribution in [0.2, 0.25) is 0 Å². The molecule has 1 aromatic carbocycles. The maximum atomic E-state index is 12.2. The van der Waals surface area contributed by atoms with Crippen LogP contribution in [0.4, 0.5) is 0 Å². The molecule has 1 aromatic rings. The SMILES string of the molecule is Cc1ccc(S(=O)(=O)N[C@@H](C)C(C)C)c(C)c1. The molecule has 0 spiro atoms. The first-order valence-corrected chi connectivity index (χ1v) is 7.32. The van der Waals surface area contributed by atoms with E-state index in [1.807, 2.05) is 46.8 Å². The van der Waals surface area contributed by atoms with Gasteiger partial charge in [-0.05, 0) is 38.3 Å². The van der Waals surface area contributed by atoms with Crippen LogP contribution in [0.3, 0.4) is 0 Å². The lowest BCUT2D eigenvalue weighted by atomic mass is 10.1. The Morgan fingerprint density at radius 2 is 1.71 bits per heavy atom. The van der Waals surface area contributed by atoms with Gasteiger partial charge < -0.3 is 0 Å². The molecule has 0 heterocycles. The second kappa shape index (κ2) is 5.19. The predicted molar refractivity (Wildman–Crippen MR) is 70.5 cm³/mol. The van der Waals surface area contributed by atoms with Crippen LogP contribution in [0.1, 0.15) is 31.9 Å². The van der Waals surface area contributed by atoms with Crippen LogP contribution < -0.4 is 4.72 Å². The molecule has 0 fully saturated rings. The smallest absolute Gasteiger partial charge is 0.208 e. The van der Waals surface area contributed by atoms with Crippen LogP contribution in [0, 0.1) is 19.8 Å². The summed E-state index contributed by atoms with van der Waals surface area (Å²) >= 11 is 0. The molecule has 0 aliphatic carbocycles. The summed E-state index contributed by atoms with van der Waals surface area (Å²) in [6, 6.07) is 5.30. The van der Waals surface area contributed by atoms with Gasteiger partial charge in [0.1, 0.15) is 0 Å². The summed E-state index contributed by atoms with van der Waals surface area (Å²) in [5.74, 6) is 0.274. The molecule has 0 bridgehead atoms. The minimum absolute atomic E-state index is 0.0688. The van der Waals surface area contributed by atoms with E-state index < -0.39 is 10.0 Å². The minimum atomic E-state index is -3.40. The first-order valence-electron chi connectivity index (χ1n) is 5.83. The highest BCUT2D eigenvalue weighted by Gasteiger charge is 2.20. The summed E-state index contributed by atoms with van der Waals surface area (Å²) in [5.41, 5.74) is 1.85. The number of aryl methyl sites for hydroxylation is 2. The molecular weight excluding hydrogens is 234 g/mol. The van der Waals surface area contributed by atoms with Crippen molar-refractivity contribution in [1.82, 2.24) is 4.72 Å². The van der Waals surface area contributed by atoms with Crippen molar-refractivity contribution in [3.8, 4) is 0 Å². The summed E-state index contributed by atoms with van der Waals surface area (Å²) in [7, 11) is -3.40. The van der Waals surface area contributed by atoms with Gasteiger partial charge in [-0.1, -0.05) is 31.5 Å². The summed E-state index contributed by atoms with van der Waals surface area (Å²) in [6.07, 6.45) is 0. The third kappa shape index (κ3) is 3.54. The second-order valence-corrected chi connectivity index (χ2v) is 6.61. The van der Waals surface area contributed by atoms with Crippen molar-refractivity contribution in [3.05, 3.63) is 29.3 Å². The van der Waals surface area contributed by atoms with Gasteiger partial charge in [0.25, 0.3) is 0 Å². The van der Waals surface area contributed by atoms with E-state index in [-0.39, 0.29) is 12.0 Å². The van der Waals surface area contributed by atoms with E-state index in [1.54, 1.807) is 6.07 Å². The summed E-state index contributed by atoms with van der Waals surface area (Å²) in [5, 5.41) is 0. The monoisotopic (exact) mass is 255 g/mol. The lowest BCUT2D eigenvalue weighted by molar-refractivity contribution is 0.476. The molecule has 17 heavy (non-hydrogen) atoms. The lowest BCUT2D eigenvalue weighted by Crippen LogP contribution is -2.36. The molecule has 0 unspecified atom stereocenters. The summed E-state index contributed by atoms with van der Waals surface area (Å²) in [6.45, 7) is 9.64. The number of sulfonamides is 1. The van der Waals surface area contributed by atoms with Crippen molar-refractivity contribution in [3.63, 3.8) is 0 Å². The molecule has 96 valence electrons. The van der Waals surface area contributed by atoms with E-state index in [0.717, 1.165) is 11.1 Å². The van der Waals surface area contributed by atoms with Crippen LogP contribution in [-0.2, 0) is 10.0 Å². The maximum Gasteiger partial charge on any atom is 0.241 e. The lowest BCUT2D eigenvalue weighted by Gasteiger charge is -2.18. The van der Waals surface area contributed by atoms with E-state index >= 15 is 0 Å². The fourth-order valence-corrected chi connectivity index (χ4v) is 3.16. The fourth-order valence-electron chi connectivity index (χ4n) is 1.55. The Morgan fingerprint density at radius 3 is 2.18 bits per heavy atom. The average molecular weight is 255 g/mol. The normalized spacial score (nSPS) is 14.0. The molecule has 0 aromatic heterocycles. The van der Waals surface area contributed by atoms with Gasteiger partial charge in [-0.2, -0.15) is 0 Å². The summed E-state index contributed by atoms with van der Waals surface area (Å²) < 4.78 is 27.0. The van der Waals surface area contributed by atoms with Crippen molar-refractivity contribution in [2.45, 2.75) is 45.6 Å². The number of benzene rings is 1. The second-order valence-electron chi connectivity index (χ2n) is 4.92. The molecule has 3 nitrogen and oxygen atoms in total. The topological polar surface area (TPSA) is 46.2 Å². The van der Waals surface area contributed by atoms with Gasteiger partial charge in [-0.25, -0.2) is 13.1 Å². The van der Waals surface area contributed by atoms with Crippen LogP contribution in [0.25, 0.3) is 0 Å². The fraction of sp³-hybridized carbons (Fsp3) is 0.538. The van der Waals surface area contributed by atoms with Crippen molar-refractivity contribution < 1.29 is 8.42 Å². The Bertz CT molecular complexity index is 492. The first-order chi connectivity index (χ1) is 7.74.